The maximum absolute atomic E-state index is 12.3. The van der Waals surface area contributed by atoms with Crippen molar-refractivity contribution in [1.29, 1.82) is 0 Å². The predicted octanol–water partition coefficient (Wildman–Crippen LogP) is 6.49. The van der Waals surface area contributed by atoms with E-state index in [-0.39, 0.29) is 0 Å². The molecule has 0 heterocycles. The van der Waals surface area contributed by atoms with E-state index in [2.05, 4.69) is 53.5 Å². The largest absolute Gasteiger partial charge is 0.400 e. The number of ketones is 1. The van der Waals surface area contributed by atoms with Crippen LogP contribution in [0, 0.1) is 24.2 Å². The van der Waals surface area contributed by atoms with Crippen LogP contribution in [0.15, 0.2) is 22.8 Å². The predicted molar refractivity (Wildman–Crippen MR) is 115 cm³/mol. The number of unbranched alkanes of at least 4 members (excludes halogenated alkanes) is 1. The highest BCUT2D eigenvalue weighted by atomic mass is 16.2. The van der Waals surface area contributed by atoms with Gasteiger partial charge in [0.05, 0.1) is 0 Å². The highest BCUT2D eigenvalue weighted by molar-refractivity contribution is 5.81. The fourth-order valence-electron chi connectivity index (χ4n) is 2.79. The number of aliphatic hydroxyl groups excluding tert-OH is 1. The maximum atomic E-state index is 12.3. The molecule has 0 saturated carbocycles. The Balaban J connectivity index is 0. The van der Waals surface area contributed by atoms with E-state index in [9.17, 15) is 4.79 Å². The molecule has 0 aromatic heterocycles. The van der Waals surface area contributed by atoms with Gasteiger partial charge in [-0.05, 0) is 55.6 Å². The van der Waals surface area contributed by atoms with Crippen molar-refractivity contribution in [3.05, 3.63) is 22.8 Å². The first-order chi connectivity index (χ1) is 12.3. The molecule has 2 nitrogen and oxygen atoms in total. The highest BCUT2D eigenvalue weighted by Crippen LogP contribution is 2.25. The molecule has 0 amide bonds. The molecule has 0 fully saturated rings. The highest BCUT2D eigenvalue weighted by Gasteiger charge is 2.12. The van der Waals surface area contributed by atoms with Gasteiger partial charge in [0.2, 0.25) is 0 Å². The first kappa shape index (κ1) is 26.9. The minimum absolute atomic E-state index is 0.355. The summed E-state index contributed by atoms with van der Waals surface area (Å²) in [6.45, 7) is 13.0. The molecule has 0 aliphatic carbocycles. The smallest absolute Gasteiger partial charge is 0.137 e. The van der Waals surface area contributed by atoms with Gasteiger partial charge >= 0.3 is 0 Å². The van der Waals surface area contributed by atoms with Gasteiger partial charge in [-0.1, -0.05) is 59.5 Å². The Morgan fingerprint density at radius 1 is 1.08 bits per heavy atom. The van der Waals surface area contributed by atoms with E-state index in [1.807, 2.05) is 0 Å². The summed E-state index contributed by atoms with van der Waals surface area (Å²) in [7, 11) is 1.00. The third-order valence-electron chi connectivity index (χ3n) is 4.25. The molecule has 1 N–H and O–H groups in total. The molecule has 0 atom stereocenters. The number of rotatable bonds is 12. The average molecular weight is 363 g/mol. The Bertz CT molecular complexity index is 473. The molecule has 0 unspecified atom stereocenters. The fraction of sp³-hybridized carbons (Fsp3) is 0.708. The van der Waals surface area contributed by atoms with E-state index in [1.165, 1.54) is 11.1 Å². The number of aliphatic hydroxyl groups is 1. The average Bonchev–Trinajstić information content (AvgIpc) is 2.60. The van der Waals surface area contributed by atoms with Crippen molar-refractivity contribution >= 4 is 5.78 Å². The van der Waals surface area contributed by atoms with Gasteiger partial charge in [0.1, 0.15) is 5.78 Å². The number of allylic oxidation sites excluding steroid dienone is 4. The summed E-state index contributed by atoms with van der Waals surface area (Å²) in [4.78, 5) is 12.3. The van der Waals surface area contributed by atoms with Crippen LogP contribution in [-0.2, 0) is 4.79 Å². The van der Waals surface area contributed by atoms with Crippen molar-refractivity contribution < 1.29 is 9.90 Å². The van der Waals surface area contributed by atoms with Crippen molar-refractivity contribution in [1.82, 2.24) is 0 Å². The van der Waals surface area contributed by atoms with E-state index in [0.29, 0.717) is 30.5 Å². The first-order valence-electron chi connectivity index (χ1n) is 10.2. The number of terminal acetylenes is 1. The van der Waals surface area contributed by atoms with Crippen LogP contribution >= 0.6 is 0 Å². The Labute approximate surface area is 163 Å². The zero-order chi connectivity index (χ0) is 20.5. The van der Waals surface area contributed by atoms with Crippen molar-refractivity contribution in [2.45, 2.75) is 92.9 Å². The van der Waals surface area contributed by atoms with Crippen LogP contribution in [0.2, 0.25) is 0 Å². The lowest BCUT2D eigenvalue weighted by Crippen LogP contribution is -2.06. The van der Waals surface area contributed by atoms with Gasteiger partial charge in [-0.3, -0.25) is 4.79 Å². The number of hydrogen-bond acceptors (Lipinski definition) is 2. The number of carbonyl (C=O) groups excluding carboxylic acids is 1. The van der Waals surface area contributed by atoms with E-state index < -0.39 is 0 Å². The van der Waals surface area contributed by atoms with Gasteiger partial charge in [0, 0.05) is 25.5 Å². The summed E-state index contributed by atoms with van der Waals surface area (Å²) in [5.74, 6) is 4.30. The summed E-state index contributed by atoms with van der Waals surface area (Å²) in [6, 6.07) is 0. The normalized spacial score (nSPS) is 12.4. The molecule has 2 heteroatoms. The van der Waals surface area contributed by atoms with Crippen LogP contribution in [0.25, 0.3) is 0 Å². The van der Waals surface area contributed by atoms with Crippen molar-refractivity contribution in [3.63, 3.8) is 0 Å². The zero-order valence-corrected chi connectivity index (χ0v) is 18.3. The first-order valence-corrected chi connectivity index (χ1v) is 10.2. The van der Waals surface area contributed by atoms with E-state index in [0.717, 1.165) is 51.2 Å². The summed E-state index contributed by atoms with van der Waals surface area (Å²) >= 11 is 0. The Morgan fingerprint density at radius 3 is 2.12 bits per heavy atom. The van der Waals surface area contributed by atoms with Gasteiger partial charge in [-0.25, -0.2) is 0 Å². The van der Waals surface area contributed by atoms with Crippen LogP contribution in [-0.4, -0.2) is 18.0 Å². The lowest BCUT2D eigenvalue weighted by atomic mass is 9.90. The lowest BCUT2D eigenvalue weighted by molar-refractivity contribution is -0.119. The molecule has 0 aliphatic rings. The zero-order valence-electron chi connectivity index (χ0n) is 18.3. The Morgan fingerprint density at radius 2 is 1.69 bits per heavy atom. The van der Waals surface area contributed by atoms with Gasteiger partial charge in [-0.15, -0.1) is 6.42 Å². The van der Waals surface area contributed by atoms with Crippen LogP contribution in [0.1, 0.15) is 92.9 Å². The quantitative estimate of drug-likeness (QED) is 0.318. The molecule has 0 radical (unpaired) electrons. The van der Waals surface area contributed by atoms with E-state index in [4.69, 9.17) is 11.5 Å². The molecular formula is C24H42O2. The second-order valence-electron chi connectivity index (χ2n) is 7.65. The second kappa shape index (κ2) is 17.1. The minimum atomic E-state index is 0.355. The van der Waals surface area contributed by atoms with Crippen LogP contribution in [0.5, 0.6) is 0 Å². The van der Waals surface area contributed by atoms with Crippen LogP contribution < -0.4 is 0 Å². The number of Topliss-reactive ketones (excluding diaryl/α,β-unsaturated/α-hetero) is 1. The van der Waals surface area contributed by atoms with Crippen LogP contribution in [0.4, 0.5) is 0 Å². The molecule has 0 spiro atoms. The molecule has 150 valence electrons. The molecule has 0 saturated heterocycles. The summed E-state index contributed by atoms with van der Waals surface area (Å²) in [5.41, 5.74) is 3.68. The third-order valence-corrected chi connectivity index (χ3v) is 4.25. The monoisotopic (exact) mass is 362 g/mol. The van der Waals surface area contributed by atoms with Gasteiger partial charge in [0.15, 0.2) is 0 Å². The van der Waals surface area contributed by atoms with E-state index in [1.54, 1.807) is 0 Å². The van der Waals surface area contributed by atoms with Crippen molar-refractivity contribution in [3.8, 4) is 12.3 Å². The molecular weight excluding hydrogens is 320 g/mol. The molecule has 0 aliphatic heterocycles. The SMILES string of the molecule is C#C/C(=C\C(CCC(C)C)=C(\CC)CC(=O)CC(C)C)CCCC.CO. The second-order valence-corrected chi connectivity index (χ2v) is 7.65. The summed E-state index contributed by atoms with van der Waals surface area (Å²) in [6.07, 6.45) is 15.5. The number of hydrogen-bond donors (Lipinski definition) is 1. The molecule has 0 rings (SSSR count). The Kier molecular flexibility index (Phi) is 17.7. The standard InChI is InChI=1S/C23H38O.CH4O/c1-8-11-12-20(9-2)16-22(14-13-18(4)5)21(10-3)17-23(24)15-19(6)7;1-2/h2,16,18-19H,8,10-15,17H2,1,3-7H3;2H,1H3/b20-16+,22-21-;. The van der Waals surface area contributed by atoms with Gasteiger partial charge < -0.3 is 5.11 Å². The molecule has 0 aromatic carbocycles. The molecule has 0 aromatic rings. The van der Waals surface area contributed by atoms with E-state index >= 15 is 0 Å². The fourth-order valence-corrected chi connectivity index (χ4v) is 2.79. The number of carbonyl (C=O) groups is 1. The van der Waals surface area contributed by atoms with Gasteiger partial charge in [0.25, 0.3) is 0 Å². The van der Waals surface area contributed by atoms with Crippen molar-refractivity contribution in [2.75, 3.05) is 7.11 Å². The minimum Gasteiger partial charge on any atom is -0.400 e. The summed E-state index contributed by atoms with van der Waals surface area (Å²) < 4.78 is 0. The van der Waals surface area contributed by atoms with Crippen LogP contribution in [0.3, 0.4) is 0 Å². The van der Waals surface area contributed by atoms with Crippen molar-refractivity contribution in [2.24, 2.45) is 11.8 Å². The summed E-state index contributed by atoms with van der Waals surface area (Å²) in [5, 5.41) is 7.00. The van der Waals surface area contributed by atoms with Gasteiger partial charge in [-0.2, -0.15) is 0 Å². The maximum Gasteiger partial charge on any atom is 0.137 e. The molecule has 26 heavy (non-hydrogen) atoms. The Hall–Kier alpha value is -1.33. The molecule has 0 bridgehead atoms. The lowest BCUT2D eigenvalue weighted by Gasteiger charge is -2.14. The topological polar surface area (TPSA) is 37.3 Å². The third kappa shape index (κ3) is 13.9.